The third kappa shape index (κ3) is 10.3. The maximum atomic E-state index is 12.3. The van der Waals surface area contributed by atoms with Gasteiger partial charge in [0.2, 0.25) is 0 Å². The monoisotopic (exact) mass is 394 g/mol. The third-order valence-electron chi connectivity index (χ3n) is 3.92. The summed E-state index contributed by atoms with van der Waals surface area (Å²) in [4.78, 5) is 25.8. The van der Waals surface area contributed by atoms with Crippen LogP contribution in [0, 0.1) is 0 Å². The number of esters is 1. The van der Waals surface area contributed by atoms with Crippen LogP contribution in [0.25, 0.3) is 0 Å². The highest BCUT2D eigenvalue weighted by molar-refractivity contribution is 5.75. The van der Waals surface area contributed by atoms with Crippen LogP contribution in [0.4, 0.5) is 4.79 Å². The Bertz CT molecular complexity index is 586. The van der Waals surface area contributed by atoms with Crippen molar-refractivity contribution in [3.8, 4) is 0 Å². The number of nitrogens with zero attached hydrogens (tertiary/aromatic N) is 1. The zero-order valence-electron chi connectivity index (χ0n) is 17.7. The molecule has 1 aromatic carbocycles. The highest BCUT2D eigenvalue weighted by Crippen LogP contribution is 2.08. The normalized spacial score (nSPS) is 12.5. The second-order valence-corrected chi connectivity index (χ2v) is 7.54. The van der Waals surface area contributed by atoms with Crippen molar-refractivity contribution >= 4 is 12.1 Å². The summed E-state index contributed by atoms with van der Waals surface area (Å²) in [6.07, 6.45) is 0.199. The zero-order chi connectivity index (χ0) is 21.0. The van der Waals surface area contributed by atoms with Crippen molar-refractivity contribution in [1.29, 1.82) is 0 Å². The molecule has 0 fully saturated rings. The summed E-state index contributed by atoms with van der Waals surface area (Å²) in [5, 5.41) is 2.64. The van der Waals surface area contributed by atoms with E-state index in [0.717, 1.165) is 5.56 Å². The van der Waals surface area contributed by atoms with Crippen LogP contribution in [0.3, 0.4) is 0 Å². The SMILES string of the molecule is CC[C@@H](C(=O)OCc1ccccc1)N(C)CCOCCNC(=O)OC(C)(C)C. The van der Waals surface area contributed by atoms with Gasteiger partial charge in [0.05, 0.1) is 13.2 Å². The van der Waals surface area contributed by atoms with Crippen molar-refractivity contribution in [2.75, 3.05) is 33.4 Å². The summed E-state index contributed by atoms with van der Waals surface area (Å²) in [5.41, 5.74) is 0.451. The van der Waals surface area contributed by atoms with Gasteiger partial charge in [-0.3, -0.25) is 9.69 Å². The standard InChI is InChI=1S/C21H34N2O5/c1-6-18(19(24)27-16-17-10-8-7-9-11-17)23(5)13-15-26-14-12-22-20(25)28-21(2,3)4/h7-11,18H,6,12-16H2,1-5H3,(H,22,25)/t18-/m0/s1. The molecule has 0 saturated heterocycles. The first-order valence-corrected chi connectivity index (χ1v) is 9.68. The third-order valence-corrected chi connectivity index (χ3v) is 3.92. The maximum absolute atomic E-state index is 12.3. The molecule has 0 aliphatic rings. The van der Waals surface area contributed by atoms with E-state index in [1.807, 2.05) is 70.0 Å². The van der Waals surface area contributed by atoms with Gasteiger partial charge in [0.1, 0.15) is 18.2 Å². The van der Waals surface area contributed by atoms with Crippen molar-refractivity contribution in [1.82, 2.24) is 10.2 Å². The first kappa shape index (κ1) is 23.9. The van der Waals surface area contributed by atoms with Gasteiger partial charge in [0.15, 0.2) is 0 Å². The van der Waals surface area contributed by atoms with Crippen LogP contribution in [-0.4, -0.2) is 62.0 Å². The largest absolute Gasteiger partial charge is 0.460 e. The van der Waals surface area contributed by atoms with Crippen molar-refractivity contribution in [2.45, 2.75) is 52.4 Å². The molecule has 0 aliphatic heterocycles. The summed E-state index contributed by atoms with van der Waals surface area (Å²) >= 11 is 0. The number of nitrogens with one attached hydrogen (secondary N) is 1. The molecule has 0 bridgehead atoms. The van der Waals surface area contributed by atoms with Crippen molar-refractivity contribution in [3.05, 3.63) is 35.9 Å². The second-order valence-electron chi connectivity index (χ2n) is 7.54. The van der Waals surface area contributed by atoms with E-state index in [2.05, 4.69) is 5.32 Å². The molecule has 0 radical (unpaired) electrons. The summed E-state index contributed by atoms with van der Waals surface area (Å²) in [6, 6.07) is 9.31. The molecule has 0 unspecified atom stereocenters. The fraction of sp³-hybridized carbons (Fsp3) is 0.619. The molecule has 1 rings (SSSR count). The van der Waals surface area contributed by atoms with E-state index < -0.39 is 11.7 Å². The van der Waals surface area contributed by atoms with Crippen LogP contribution < -0.4 is 5.32 Å². The lowest BCUT2D eigenvalue weighted by Crippen LogP contribution is -2.41. The van der Waals surface area contributed by atoms with E-state index in [9.17, 15) is 9.59 Å². The topological polar surface area (TPSA) is 77.1 Å². The summed E-state index contributed by atoms with van der Waals surface area (Å²) in [7, 11) is 1.88. The molecule has 0 saturated carbocycles. The molecule has 0 aromatic heterocycles. The molecule has 1 N–H and O–H groups in total. The van der Waals surface area contributed by atoms with Crippen LogP contribution >= 0.6 is 0 Å². The minimum atomic E-state index is -0.516. The van der Waals surface area contributed by atoms with Crippen molar-refractivity contribution in [3.63, 3.8) is 0 Å². The summed E-state index contributed by atoms with van der Waals surface area (Å²) in [5.74, 6) is -0.236. The first-order valence-electron chi connectivity index (χ1n) is 9.68. The fourth-order valence-corrected chi connectivity index (χ4v) is 2.49. The summed E-state index contributed by atoms with van der Waals surface area (Å²) < 4.78 is 16.1. The Morgan fingerprint density at radius 3 is 2.43 bits per heavy atom. The van der Waals surface area contributed by atoms with Crippen LogP contribution in [0.2, 0.25) is 0 Å². The number of alkyl carbamates (subject to hydrolysis) is 1. The number of rotatable bonds is 11. The van der Waals surface area contributed by atoms with Crippen LogP contribution in [-0.2, 0) is 25.6 Å². The Morgan fingerprint density at radius 2 is 1.82 bits per heavy atom. The number of likely N-dealkylation sites (N-methyl/N-ethyl adjacent to an activating group) is 1. The molecule has 7 nitrogen and oxygen atoms in total. The zero-order valence-corrected chi connectivity index (χ0v) is 17.7. The molecule has 28 heavy (non-hydrogen) atoms. The van der Waals surface area contributed by atoms with Crippen molar-refractivity contribution < 1.29 is 23.8 Å². The number of hydrogen-bond acceptors (Lipinski definition) is 6. The van der Waals surface area contributed by atoms with Gasteiger partial charge in [0.25, 0.3) is 0 Å². The Labute approximate surface area is 168 Å². The van der Waals surface area contributed by atoms with Gasteiger partial charge in [-0.2, -0.15) is 0 Å². The highest BCUT2D eigenvalue weighted by Gasteiger charge is 2.22. The van der Waals surface area contributed by atoms with Gasteiger partial charge < -0.3 is 19.5 Å². The molecule has 1 aromatic rings. The molecule has 0 aliphatic carbocycles. The van der Waals surface area contributed by atoms with Gasteiger partial charge in [-0.1, -0.05) is 37.3 Å². The lowest BCUT2D eigenvalue weighted by atomic mass is 10.2. The molecule has 7 heteroatoms. The molecule has 1 atom stereocenters. The van der Waals surface area contributed by atoms with Crippen LogP contribution in [0.15, 0.2) is 30.3 Å². The van der Waals surface area contributed by atoms with E-state index >= 15 is 0 Å². The quantitative estimate of drug-likeness (QED) is 0.459. The Kier molecular flexibility index (Phi) is 10.6. The Balaban J connectivity index is 2.22. The molecule has 1 amide bonds. The Hall–Kier alpha value is -2.12. The number of amides is 1. The average Bonchev–Trinajstić information content (AvgIpc) is 2.63. The molecular formula is C21H34N2O5. The summed E-state index contributed by atoms with van der Waals surface area (Å²) in [6.45, 7) is 9.46. The van der Waals surface area contributed by atoms with E-state index in [1.165, 1.54) is 0 Å². The van der Waals surface area contributed by atoms with E-state index in [1.54, 1.807) is 0 Å². The highest BCUT2D eigenvalue weighted by atomic mass is 16.6. The Morgan fingerprint density at radius 1 is 1.14 bits per heavy atom. The molecular weight excluding hydrogens is 360 g/mol. The van der Waals surface area contributed by atoms with Gasteiger partial charge in [0, 0.05) is 13.1 Å². The van der Waals surface area contributed by atoms with Gasteiger partial charge in [-0.05, 0) is 39.8 Å². The maximum Gasteiger partial charge on any atom is 0.407 e. The lowest BCUT2D eigenvalue weighted by Gasteiger charge is -2.25. The number of carbonyl (C=O) groups is 2. The minimum absolute atomic E-state index is 0.236. The van der Waals surface area contributed by atoms with Gasteiger partial charge in [-0.15, -0.1) is 0 Å². The first-order chi connectivity index (χ1) is 13.2. The van der Waals surface area contributed by atoms with E-state index in [4.69, 9.17) is 14.2 Å². The number of hydrogen-bond donors (Lipinski definition) is 1. The van der Waals surface area contributed by atoms with E-state index in [0.29, 0.717) is 32.7 Å². The van der Waals surface area contributed by atoms with E-state index in [-0.39, 0.29) is 18.6 Å². The van der Waals surface area contributed by atoms with Crippen LogP contribution in [0.5, 0.6) is 0 Å². The lowest BCUT2D eigenvalue weighted by molar-refractivity contribution is -0.151. The van der Waals surface area contributed by atoms with Crippen molar-refractivity contribution in [2.24, 2.45) is 0 Å². The predicted molar refractivity (Wildman–Crippen MR) is 108 cm³/mol. The second kappa shape index (κ2) is 12.4. The van der Waals surface area contributed by atoms with Gasteiger partial charge in [-0.25, -0.2) is 4.79 Å². The number of ether oxygens (including phenoxy) is 3. The van der Waals surface area contributed by atoms with Gasteiger partial charge >= 0.3 is 12.1 Å². The fourth-order valence-electron chi connectivity index (χ4n) is 2.49. The molecule has 0 spiro atoms. The molecule has 0 heterocycles. The average molecular weight is 395 g/mol. The minimum Gasteiger partial charge on any atom is -0.460 e. The number of carbonyl (C=O) groups excluding carboxylic acids is 2. The predicted octanol–water partition coefficient (Wildman–Crippen LogP) is 2.98. The number of benzene rings is 1. The molecule has 158 valence electrons. The smallest absolute Gasteiger partial charge is 0.407 e. The van der Waals surface area contributed by atoms with Crippen LogP contribution in [0.1, 0.15) is 39.7 Å².